The summed E-state index contributed by atoms with van der Waals surface area (Å²) >= 11 is 6.01. The molecule has 0 spiro atoms. The fraction of sp³-hybridized carbons (Fsp3) is 0.280. The minimum Gasteiger partial charge on any atom is -0.348 e. The van der Waals surface area contributed by atoms with E-state index >= 15 is 0 Å². The Morgan fingerprint density at radius 3 is 2.36 bits per heavy atom. The van der Waals surface area contributed by atoms with Gasteiger partial charge < -0.3 is 20.4 Å². The summed E-state index contributed by atoms with van der Waals surface area (Å²) in [5.74, 6) is 1.69. The lowest BCUT2D eigenvalue weighted by molar-refractivity contribution is 0.311. The maximum Gasteiger partial charge on any atom is 0.235 e. The van der Waals surface area contributed by atoms with Crippen molar-refractivity contribution in [3.8, 4) is 11.3 Å². The smallest absolute Gasteiger partial charge is 0.235 e. The molecule has 2 aromatic heterocycles. The summed E-state index contributed by atoms with van der Waals surface area (Å²) in [5, 5.41) is 14.6. The van der Waals surface area contributed by atoms with Gasteiger partial charge in [0, 0.05) is 37.3 Å². The molecule has 1 fully saturated rings. The van der Waals surface area contributed by atoms with E-state index in [9.17, 15) is 4.39 Å². The predicted octanol–water partition coefficient (Wildman–Crippen LogP) is 4.72. The Balaban J connectivity index is 1.40. The van der Waals surface area contributed by atoms with Gasteiger partial charge in [-0.15, -0.1) is 0 Å². The van der Waals surface area contributed by atoms with E-state index in [1.807, 2.05) is 37.3 Å². The van der Waals surface area contributed by atoms with E-state index in [0.717, 1.165) is 43.0 Å². The second-order valence-corrected chi connectivity index (χ2v) is 9.23. The standard InChI is InChI=1S/C25H27ClFN9/c1-16(17-5-9-20(27)10-6-17)28-23-30-24(32-25(31-23)36-13-11-35(2)12-14-36)29-22-15-21(33-34-22)18-3-7-19(26)8-4-18/h3-10,15-16H,11-14H2,1-2H3,(H3,28,29,30,31,32,33,34). The molecular formula is C25H27ClFN9. The average molecular weight is 508 g/mol. The van der Waals surface area contributed by atoms with Crippen molar-refractivity contribution in [1.29, 1.82) is 0 Å². The SMILES string of the molecule is CC(Nc1nc(Nc2cc(-c3ccc(Cl)cc3)[nH]n2)nc(N2CCN(C)CC2)n1)c1ccc(F)cc1. The normalized spacial score (nSPS) is 15.1. The summed E-state index contributed by atoms with van der Waals surface area (Å²) in [5.41, 5.74) is 2.72. The van der Waals surface area contributed by atoms with Crippen molar-refractivity contribution in [2.24, 2.45) is 0 Å². The van der Waals surface area contributed by atoms with Gasteiger partial charge in [-0.05, 0) is 49.4 Å². The van der Waals surface area contributed by atoms with Gasteiger partial charge >= 0.3 is 0 Å². The highest BCUT2D eigenvalue weighted by atomic mass is 35.5. The highest BCUT2D eigenvalue weighted by Gasteiger charge is 2.20. The Morgan fingerprint density at radius 2 is 1.64 bits per heavy atom. The maximum absolute atomic E-state index is 13.4. The van der Waals surface area contributed by atoms with E-state index in [1.165, 1.54) is 12.1 Å². The molecule has 1 aliphatic rings. The predicted molar refractivity (Wildman–Crippen MR) is 140 cm³/mol. The van der Waals surface area contributed by atoms with Crippen LogP contribution in [0.5, 0.6) is 0 Å². The van der Waals surface area contributed by atoms with Gasteiger partial charge in [0.1, 0.15) is 5.82 Å². The van der Waals surface area contributed by atoms with Gasteiger partial charge in [-0.3, -0.25) is 5.10 Å². The van der Waals surface area contributed by atoms with Crippen molar-refractivity contribution >= 4 is 35.3 Å². The molecule has 1 atom stereocenters. The average Bonchev–Trinajstić information content (AvgIpc) is 3.33. The van der Waals surface area contributed by atoms with E-state index in [-0.39, 0.29) is 11.9 Å². The van der Waals surface area contributed by atoms with Crippen molar-refractivity contribution in [1.82, 2.24) is 30.0 Å². The van der Waals surface area contributed by atoms with Crippen molar-refractivity contribution < 1.29 is 4.39 Å². The van der Waals surface area contributed by atoms with Crippen LogP contribution in [0.4, 0.5) is 28.1 Å². The Kier molecular flexibility index (Phi) is 6.97. The second kappa shape index (κ2) is 10.5. The number of aromatic amines is 1. The number of hydrogen-bond acceptors (Lipinski definition) is 8. The number of nitrogens with zero attached hydrogens (tertiary/aromatic N) is 6. The molecular weight excluding hydrogens is 481 g/mol. The molecule has 186 valence electrons. The third-order valence-corrected chi connectivity index (χ3v) is 6.35. The molecule has 3 N–H and O–H groups in total. The Labute approximate surface area is 213 Å². The number of rotatable bonds is 7. The van der Waals surface area contributed by atoms with Crippen molar-refractivity contribution in [2.45, 2.75) is 13.0 Å². The molecule has 4 aromatic rings. The first kappa shape index (κ1) is 24.0. The van der Waals surface area contributed by atoms with Crippen LogP contribution in [0, 0.1) is 5.82 Å². The van der Waals surface area contributed by atoms with Gasteiger partial charge in [0.25, 0.3) is 0 Å². The van der Waals surface area contributed by atoms with Gasteiger partial charge in [-0.25, -0.2) is 4.39 Å². The zero-order valence-corrected chi connectivity index (χ0v) is 20.8. The molecule has 1 aliphatic heterocycles. The van der Waals surface area contributed by atoms with Gasteiger partial charge in [-0.1, -0.05) is 35.9 Å². The van der Waals surface area contributed by atoms with Crippen LogP contribution in [0.2, 0.25) is 5.02 Å². The number of benzene rings is 2. The van der Waals surface area contributed by atoms with E-state index < -0.39 is 0 Å². The molecule has 0 bridgehead atoms. The Hall–Kier alpha value is -3.76. The molecule has 0 saturated carbocycles. The summed E-state index contributed by atoms with van der Waals surface area (Å²) in [4.78, 5) is 18.4. The van der Waals surface area contributed by atoms with Crippen molar-refractivity contribution in [3.63, 3.8) is 0 Å². The fourth-order valence-corrected chi connectivity index (χ4v) is 4.07. The van der Waals surface area contributed by atoms with Crippen LogP contribution in [0.25, 0.3) is 11.3 Å². The summed E-state index contributed by atoms with van der Waals surface area (Å²) in [7, 11) is 2.10. The highest BCUT2D eigenvalue weighted by Crippen LogP contribution is 2.25. The summed E-state index contributed by atoms with van der Waals surface area (Å²) in [6, 6.07) is 15.6. The summed E-state index contributed by atoms with van der Waals surface area (Å²) in [6.07, 6.45) is 0. The topological polar surface area (TPSA) is 97.9 Å². The lowest BCUT2D eigenvalue weighted by atomic mass is 10.1. The molecule has 0 aliphatic carbocycles. The van der Waals surface area contributed by atoms with Crippen molar-refractivity contribution in [3.05, 3.63) is 71.0 Å². The zero-order chi connectivity index (χ0) is 25.1. The molecule has 5 rings (SSSR count). The largest absolute Gasteiger partial charge is 0.348 e. The Morgan fingerprint density at radius 1 is 0.944 bits per heavy atom. The van der Waals surface area contributed by atoms with Crippen LogP contribution in [0.15, 0.2) is 54.6 Å². The van der Waals surface area contributed by atoms with Gasteiger partial charge in [0.15, 0.2) is 5.82 Å². The molecule has 1 saturated heterocycles. The van der Waals surface area contributed by atoms with Crippen LogP contribution in [0.1, 0.15) is 18.5 Å². The first-order valence-corrected chi connectivity index (χ1v) is 12.1. The van der Waals surface area contributed by atoms with Gasteiger partial charge in [0.2, 0.25) is 17.8 Å². The lowest BCUT2D eigenvalue weighted by Crippen LogP contribution is -2.45. The number of halogens is 2. The van der Waals surface area contributed by atoms with Crippen LogP contribution >= 0.6 is 11.6 Å². The number of aromatic nitrogens is 5. The minimum atomic E-state index is -0.271. The van der Waals surface area contributed by atoms with Crippen LogP contribution in [-0.2, 0) is 0 Å². The molecule has 9 nitrogen and oxygen atoms in total. The number of likely N-dealkylation sites (N-methyl/N-ethyl adjacent to an activating group) is 1. The van der Waals surface area contributed by atoms with Gasteiger partial charge in [0.05, 0.1) is 11.7 Å². The van der Waals surface area contributed by atoms with Crippen molar-refractivity contribution in [2.75, 3.05) is 48.8 Å². The van der Waals surface area contributed by atoms with E-state index in [4.69, 9.17) is 11.6 Å². The van der Waals surface area contributed by atoms with Crippen LogP contribution < -0.4 is 15.5 Å². The van der Waals surface area contributed by atoms with E-state index in [1.54, 1.807) is 12.1 Å². The fourth-order valence-electron chi connectivity index (χ4n) is 3.94. The monoisotopic (exact) mass is 507 g/mol. The number of hydrogen-bond donors (Lipinski definition) is 3. The third-order valence-electron chi connectivity index (χ3n) is 6.10. The lowest BCUT2D eigenvalue weighted by Gasteiger charge is -2.32. The van der Waals surface area contributed by atoms with Crippen LogP contribution in [-0.4, -0.2) is 63.3 Å². The summed E-state index contributed by atoms with van der Waals surface area (Å²) < 4.78 is 13.4. The summed E-state index contributed by atoms with van der Waals surface area (Å²) in [6.45, 7) is 5.46. The first-order chi connectivity index (χ1) is 17.4. The molecule has 0 radical (unpaired) electrons. The Bertz CT molecular complexity index is 1300. The van der Waals surface area contributed by atoms with Gasteiger partial charge in [-0.2, -0.15) is 20.1 Å². The van der Waals surface area contributed by atoms with E-state index in [0.29, 0.717) is 28.7 Å². The number of H-pyrrole nitrogens is 1. The molecule has 3 heterocycles. The first-order valence-electron chi connectivity index (χ1n) is 11.7. The molecule has 2 aromatic carbocycles. The van der Waals surface area contributed by atoms with Crippen LogP contribution in [0.3, 0.4) is 0 Å². The van der Waals surface area contributed by atoms with E-state index in [2.05, 4.69) is 52.6 Å². The molecule has 36 heavy (non-hydrogen) atoms. The molecule has 1 unspecified atom stereocenters. The number of anilines is 4. The zero-order valence-electron chi connectivity index (χ0n) is 20.0. The maximum atomic E-state index is 13.4. The number of nitrogens with one attached hydrogen (secondary N) is 3. The number of piperazine rings is 1. The second-order valence-electron chi connectivity index (χ2n) is 8.79. The quantitative estimate of drug-likeness (QED) is 0.330. The highest BCUT2D eigenvalue weighted by molar-refractivity contribution is 6.30. The molecule has 11 heteroatoms. The third kappa shape index (κ3) is 5.72. The minimum absolute atomic E-state index is 0.136. The molecule has 0 amide bonds.